The van der Waals surface area contributed by atoms with Crippen molar-refractivity contribution in [2.24, 2.45) is 0 Å². The van der Waals surface area contributed by atoms with Crippen LogP contribution in [-0.2, 0) is 29.6 Å². The third-order valence-corrected chi connectivity index (χ3v) is 8.66. The number of rotatable bonds is 8. The van der Waals surface area contributed by atoms with Gasteiger partial charge in [-0.3, -0.25) is 9.10 Å². The number of ether oxygens (including phenoxy) is 2. The predicted molar refractivity (Wildman–Crippen MR) is 129 cm³/mol. The number of benzene rings is 2. The monoisotopic (exact) mass is 531 g/mol. The fourth-order valence-electron chi connectivity index (χ4n) is 3.49. The number of nitrogens with zero attached hydrogens (tertiary/aromatic N) is 2. The van der Waals surface area contributed by atoms with Gasteiger partial charge in [-0.05, 0) is 49.4 Å². The molecule has 0 aliphatic carbocycles. The number of methoxy groups -OCH3 is 1. The van der Waals surface area contributed by atoms with E-state index in [-0.39, 0.29) is 28.7 Å². The summed E-state index contributed by atoms with van der Waals surface area (Å²) < 4.78 is 63.1. The smallest absolute Gasteiger partial charge is 0.247 e. The summed E-state index contributed by atoms with van der Waals surface area (Å²) in [6.45, 7) is 2.65. The van der Waals surface area contributed by atoms with Gasteiger partial charge in [0.2, 0.25) is 26.0 Å². The van der Waals surface area contributed by atoms with Crippen molar-refractivity contribution in [1.82, 2.24) is 4.31 Å². The summed E-state index contributed by atoms with van der Waals surface area (Å²) >= 11 is 6.14. The molecule has 1 fully saturated rings. The van der Waals surface area contributed by atoms with Crippen LogP contribution in [-0.4, -0.2) is 72.8 Å². The van der Waals surface area contributed by atoms with Gasteiger partial charge >= 0.3 is 0 Å². The topological polar surface area (TPSA) is 122 Å². The zero-order chi connectivity index (χ0) is 25.1. The first-order valence-electron chi connectivity index (χ1n) is 10.3. The highest BCUT2D eigenvalue weighted by atomic mass is 35.5. The van der Waals surface area contributed by atoms with E-state index in [0.29, 0.717) is 24.7 Å². The summed E-state index contributed by atoms with van der Waals surface area (Å²) in [5, 5.41) is 2.82. The lowest BCUT2D eigenvalue weighted by Gasteiger charge is -2.28. The molecule has 13 heteroatoms. The van der Waals surface area contributed by atoms with Crippen molar-refractivity contribution in [3.8, 4) is 5.75 Å². The third-order valence-electron chi connectivity index (χ3n) is 5.21. The van der Waals surface area contributed by atoms with Gasteiger partial charge < -0.3 is 14.8 Å². The maximum atomic E-state index is 12.9. The molecule has 3 rings (SSSR count). The Hall–Kier alpha value is -2.38. The number of hydrogen-bond donors (Lipinski definition) is 1. The minimum absolute atomic E-state index is 0.0890. The Morgan fingerprint density at radius 2 is 1.74 bits per heavy atom. The SMILES string of the molecule is COc1ccc(N([C@@H](C)C(=O)Nc2ccc(S(=O)(=O)N3CCOCC3)cc2)S(C)(=O)=O)cc1Cl. The largest absolute Gasteiger partial charge is 0.495 e. The van der Waals surface area contributed by atoms with Gasteiger partial charge in [0.05, 0.1) is 42.2 Å². The molecule has 2 aromatic carbocycles. The molecule has 0 bridgehead atoms. The fourth-order valence-corrected chi connectivity index (χ4v) is 6.32. The Kier molecular flexibility index (Phi) is 8.09. The van der Waals surface area contributed by atoms with E-state index in [1.165, 1.54) is 60.8 Å². The Bertz CT molecular complexity index is 1250. The van der Waals surface area contributed by atoms with Gasteiger partial charge in [0.1, 0.15) is 11.8 Å². The average Bonchev–Trinajstić information content (AvgIpc) is 2.79. The molecule has 1 aliphatic heterocycles. The molecule has 1 aliphatic rings. The van der Waals surface area contributed by atoms with Crippen molar-refractivity contribution in [1.29, 1.82) is 0 Å². The van der Waals surface area contributed by atoms with Crippen LogP contribution in [0.3, 0.4) is 0 Å². The van der Waals surface area contributed by atoms with Crippen molar-refractivity contribution >= 4 is 48.9 Å². The molecule has 1 amide bonds. The van der Waals surface area contributed by atoms with E-state index < -0.39 is 32.0 Å². The van der Waals surface area contributed by atoms with Crippen LogP contribution in [0.4, 0.5) is 11.4 Å². The first-order valence-corrected chi connectivity index (χ1v) is 13.9. The van der Waals surface area contributed by atoms with Crippen molar-refractivity contribution in [2.45, 2.75) is 17.9 Å². The van der Waals surface area contributed by atoms with Crippen molar-refractivity contribution < 1.29 is 31.1 Å². The quantitative estimate of drug-likeness (QED) is 0.553. The lowest BCUT2D eigenvalue weighted by molar-refractivity contribution is -0.116. The lowest BCUT2D eigenvalue weighted by Crippen LogP contribution is -2.45. The highest BCUT2D eigenvalue weighted by Gasteiger charge is 2.30. The molecular weight excluding hydrogens is 506 g/mol. The van der Waals surface area contributed by atoms with Gasteiger partial charge in [0, 0.05) is 18.8 Å². The molecule has 0 saturated carbocycles. The Balaban J connectivity index is 1.78. The van der Waals surface area contributed by atoms with Gasteiger partial charge in [-0.2, -0.15) is 4.31 Å². The summed E-state index contributed by atoms with van der Waals surface area (Å²) in [5.41, 5.74) is 0.516. The fraction of sp³-hybridized carbons (Fsp3) is 0.381. The average molecular weight is 532 g/mol. The van der Waals surface area contributed by atoms with E-state index in [4.69, 9.17) is 21.1 Å². The minimum Gasteiger partial charge on any atom is -0.495 e. The van der Waals surface area contributed by atoms with E-state index in [2.05, 4.69) is 5.32 Å². The molecule has 2 aromatic rings. The molecule has 10 nitrogen and oxygen atoms in total. The summed E-state index contributed by atoms with van der Waals surface area (Å²) in [7, 11) is -6.09. The normalized spacial score (nSPS) is 16.0. The maximum absolute atomic E-state index is 12.9. The van der Waals surface area contributed by atoms with Crippen LogP contribution in [0.1, 0.15) is 6.92 Å². The molecule has 1 saturated heterocycles. The van der Waals surface area contributed by atoms with Crippen LogP contribution in [0, 0.1) is 0 Å². The molecular formula is C21H26ClN3O7S2. The zero-order valence-corrected chi connectivity index (χ0v) is 21.3. The second-order valence-electron chi connectivity index (χ2n) is 7.58. The number of morpholine rings is 1. The minimum atomic E-state index is -3.85. The molecule has 186 valence electrons. The van der Waals surface area contributed by atoms with E-state index >= 15 is 0 Å². The summed E-state index contributed by atoms with van der Waals surface area (Å²) in [6, 6.07) is 8.95. The van der Waals surface area contributed by atoms with Crippen molar-refractivity contribution in [3.63, 3.8) is 0 Å². The number of hydrogen-bond acceptors (Lipinski definition) is 7. The Morgan fingerprint density at radius 3 is 2.26 bits per heavy atom. The highest BCUT2D eigenvalue weighted by Crippen LogP contribution is 2.31. The van der Waals surface area contributed by atoms with E-state index in [1.54, 1.807) is 0 Å². The van der Waals surface area contributed by atoms with Gasteiger partial charge in [-0.1, -0.05) is 11.6 Å². The van der Waals surface area contributed by atoms with E-state index in [1.807, 2.05) is 0 Å². The first-order chi connectivity index (χ1) is 15.9. The standard InChI is InChI=1S/C21H26ClN3O7S2/c1-15(25(33(3,27)28)17-6-9-20(31-2)19(22)14-17)21(26)23-16-4-7-18(8-5-16)34(29,30)24-10-12-32-13-11-24/h4-9,14-15H,10-13H2,1-3H3,(H,23,26)/t15-/m0/s1. The van der Waals surface area contributed by atoms with Crippen LogP contribution in [0.5, 0.6) is 5.75 Å². The number of anilines is 2. The third kappa shape index (κ3) is 5.81. The van der Waals surface area contributed by atoms with Gasteiger partial charge in [-0.25, -0.2) is 16.8 Å². The number of carbonyl (C=O) groups excluding carboxylic acids is 1. The molecule has 1 atom stereocenters. The number of amides is 1. The van der Waals surface area contributed by atoms with E-state index in [9.17, 15) is 21.6 Å². The molecule has 0 unspecified atom stereocenters. The number of carbonyl (C=O) groups is 1. The van der Waals surface area contributed by atoms with Crippen LogP contribution >= 0.6 is 11.6 Å². The molecule has 0 aromatic heterocycles. The molecule has 0 radical (unpaired) electrons. The van der Waals surface area contributed by atoms with E-state index in [0.717, 1.165) is 10.6 Å². The van der Waals surface area contributed by atoms with Crippen LogP contribution in [0.2, 0.25) is 5.02 Å². The Morgan fingerprint density at radius 1 is 1.12 bits per heavy atom. The first kappa shape index (κ1) is 26.2. The van der Waals surface area contributed by atoms with Gasteiger partial charge in [0.15, 0.2) is 0 Å². The summed E-state index contributed by atoms with van der Waals surface area (Å²) in [5.74, 6) is -0.246. The molecule has 0 spiro atoms. The van der Waals surface area contributed by atoms with Crippen LogP contribution < -0.4 is 14.4 Å². The number of sulfonamides is 2. The van der Waals surface area contributed by atoms with Gasteiger partial charge in [0.25, 0.3) is 0 Å². The van der Waals surface area contributed by atoms with Gasteiger partial charge in [-0.15, -0.1) is 0 Å². The second kappa shape index (κ2) is 10.5. The van der Waals surface area contributed by atoms with Crippen molar-refractivity contribution in [3.05, 3.63) is 47.5 Å². The van der Waals surface area contributed by atoms with Crippen LogP contribution in [0.15, 0.2) is 47.4 Å². The number of halogens is 1. The molecule has 1 heterocycles. The summed E-state index contributed by atoms with van der Waals surface area (Å²) in [4.78, 5) is 13.0. The zero-order valence-electron chi connectivity index (χ0n) is 18.9. The maximum Gasteiger partial charge on any atom is 0.247 e. The number of nitrogens with one attached hydrogen (secondary N) is 1. The highest BCUT2D eigenvalue weighted by molar-refractivity contribution is 7.92. The van der Waals surface area contributed by atoms with Crippen molar-refractivity contribution in [2.75, 3.05) is 49.3 Å². The van der Waals surface area contributed by atoms with Crippen LogP contribution in [0.25, 0.3) is 0 Å². The second-order valence-corrected chi connectivity index (χ2v) is 11.8. The molecule has 1 N–H and O–H groups in total. The summed E-state index contributed by atoms with van der Waals surface area (Å²) in [6.07, 6.45) is 0.986. The molecule has 34 heavy (non-hydrogen) atoms. The predicted octanol–water partition coefficient (Wildman–Crippen LogP) is 2.16. The lowest BCUT2D eigenvalue weighted by atomic mass is 10.2. The Labute approximate surface area is 204 Å².